The van der Waals surface area contributed by atoms with Crippen LogP contribution in [0.25, 0.3) is 0 Å². The highest BCUT2D eigenvalue weighted by Gasteiger charge is 2.49. The predicted octanol–water partition coefficient (Wildman–Crippen LogP) is 3.04. The molecule has 0 N–H and O–H groups in total. The number of amides is 2. The fourth-order valence-corrected chi connectivity index (χ4v) is 6.95. The van der Waals surface area contributed by atoms with Crippen LogP contribution < -0.4 is 4.74 Å². The third-order valence-electron chi connectivity index (χ3n) is 8.50. The number of hydrogen-bond donors (Lipinski definition) is 0. The zero-order chi connectivity index (χ0) is 23.5. The van der Waals surface area contributed by atoms with Gasteiger partial charge in [0.2, 0.25) is 5.91 Å². The van der Waals surface area contributed by atoms with Crippen LogP contribution in [0, 0.1) is 11.8 Å². The summed E-state index contributed by atoms with van der Waals surface area (Å²) in [6.07, 6.45) is 7.11. The van der Waals surface area contributed by atoms with Crippen LogP contribution >= 0.6 is 0 Å². The Morgan fingerprint density at radius 2 is 1.88 bits per heavy atom. The number of piperidine rings is 3. The SMILES string of the molecule is COc1cccc(C(=O)N2C[C@@H]3CCCN4CCC[C@@H]([C@H]34)[C@H]2CCCC(=O)N2CCOCC2)c1. The molecule has 0 radical (unpaired) electrons. The van der Waals surface area contributed by atoms with Crippen molar-refractivity contribution in [1.29, 1.82) is 0 Å². The molecular formula is C27H39N3O4. The molecule has 5 rings (SSSR count). The van der Waals surface area contributed by atoms with Crippen molar-refractivity contribution >= 4 is 11.8 Å². The van der Waals surface area contributed by atoms with E-state index in [9.17, 15) is 9.59 Å². The highest BCUT2D eigenvalue weighted by atomic mass is 16.5. The fourth-order valence-electron chi connectivity index (χ4n) is 6.95. The molecule has 4 heterocycles. The van der Waals surface area contributed by atoms with Gasteiger partial charge < -0.3 is 19.3 Å². The summed E-state index contributed by atoms with van der Waals surface area (Å²) in [6.45, 7) is 5.90. The molecule has 7 nitrogen and oxygen atoms in total. The van der Waals surface area contributed by atoms with Gasteiger partial charge in [-0.1, -0.05) is 6.07 Å². The summed E-state index contributed by atoms with van der Waals surface area (Å²) < 4.78 is 10.8. The summed E-state index contributed by atoms with van der Waals surface area (Å²) in [5.41, 5.74) is 0.704. The molecule has 0 saturated carbocycles. The number of morpholine rings is 1. The number of rotatable bonds is 6. The lowest BCUT2D eigenvalue weighted by Gasteiger charge is -2.57. The van der Waals surface area contributed by atoms with Crippen LogP contribution in [-0.2, 0) is 9.53 Å². The fraction of sp³-hybridized carbons (Fsp3) is 0.704. The Morgan fingerprint density at radius 1 is 1.09 bits per heavy atom. The zero-order valence-electron chi connectivity index (χ0n) is 20.5. The third-order valence-corrected chi connectivity index (χ3v) is 8.50. The Morgan fingerprint density at radius 3 is 2.68 bits per heavy atom. The second-order valence-electron chi connectivity index (χ2n) is 10.4. The first-order chi connectivity index (χ1) is 16.7. The number of likely N-dealkylation sites (tertiary alicyclic amines) is 1. The molecule has 1 aromatic rings. The summed E-state index contributed by atoms with van der Waals surface area (Å²) in [4.78, 5) is 33.4. The molecule has 0 bridgehead atoms. The number of carbonyl (C=O) groups excluding carboxylic acids is 2. The standard InChI is InChI=1S/C27H39N3O4/c1-33-22-8-2-6-20(18-22)27(32)30-19-21-7-4-12-29-13-5-9-23(26(21)29)24(30)10-3-11-25(31)28-14-16-34-17-15-28/h2,6,8,18,21,23-24,26H,3-5,7,9-17,19H2,1H3/t21-,23+,24+,26-/m0/s1. The lowest BCUT2D eigenvalue weighted by molar-refractivity contribution is -0.135. The normalized spacial score (nSPS) is 29.4. The molecule has 0 unspecified atom stereocenters. The second kappa shape index (κ2) is 10.6. The highest BCUT2D eigenvalue weighted by molar-refractivity contribution is 5.95. The molecule has 4 aliphatic heterocycles. The first-order valence-electron chi connectivity index (χ1n) is 13.2. The van der Waals surface area contributed by atoms with Crippen molar-refractivity contribution in [2.75, 3.05) is 53.0 Å². The molecule has 4 aliphatic rings. The Hall–Kier alpha value is -2.12. The molecule has 186 valence electrons. The minimum atomic E-state index is 0.115. The van der Waals surface area contributed by atoms with Crippen LogP contribution in [0.5, 0.6) is 5.75 Å². The Labute approximate surface area is 203 Å². The average molecular weight is 470 g/mol. The van der Waals surface area contributed by atoms with Gasteiger partial charge in [0.15, 0.2) is 0 Å². The van der Waals surface area contributed by atoms with Crippen LogP contribution in [0.3, 0.4) is 0 Å². The van der Waals surface area contributed by atoms with Gasteiger partial charge in [0.25, 0.3) is 5.91 Å². The zero-order valence-corrected chi connectivity index (χ0v) is 20.5. The van der Waals surface area contributed by atoms with E-state index in [1.165, 1.54) is 38.8 Å². The van der Waals surface area contributed by atoms with Crippen molar-refractivity contribution in [1.82, 2.24) is 14.7 Å². The number of ether oxygens (including phenoxy) is 2. The maximum Gasteiger partial charge on any atom is 0.254 e. The molecule has 4 atom stereocenters. The van der Waals surface area contributed by atoms with Crippen LogP contribution in [0.4, 0.5) is 0 Å². The van der Waals surface area contributed by atoms with E-state index in [2.05, 4.69) is 9.80 Å². The van der Waals surface area contributed by atoms with Crippen LogP contribution in [-0.4, -0.2) is 91.6 Å². The van der Waals surface area contributed by atoms with E-state index in [1.807, 2.05) is 29.2 Å². The van der Waals surface area contributed by atoms with Crippen molar-refractivity contribution in [3.63, 3.8) is 0 Å². The summed E-state index contributed by atoms with van der Waals surface area (Å²) in [5, 5.41) is 0. The van der Waals surface area contributed by atoms with Gasteiger partial charge in [-0.15, -0.1) is 0 Å². The van der Waals surface area contributed by atoms with Crippen LogP contribution in [0.15, 0.2) is 24.3 Å². The number of hydrogen-bond acceptors (Lipinski definition) is 5. The molecule has 0 aromatic heterocycles. The number of carbonyl (C=O) groups is 2. The maximum absolute atomic E-state index is 13.8. The van der Waals surface area contributed by atoms with E-state index in [0.717, 1.165) is 25.1 Å². The van der Waals surface area contributed by atoms with Gasteiger partial charge in [0, 0.05) is 43.7 Å². The highest BCUT2D eigenvalue weighted by Crippen LogP contribution is 2.43. The molecule has 34 heavy (non-hydrogen) atoms. The monoisotopic (exact) mass is 469 g/mol. The van der Waals surface area contributed by atoms with E-state index in [0.29, 0.717) is 56.2 Å². The van der Waals surface area contributed by atoms with Crippen molar-refractivity contribution in [3.05, 3.63) is 29.8 Å². The Bertz CT molecular complexity index is 869. The molecule has 0 spiro atoms. The quantitative estimate of drug-likeness (QED) is 0.641. The maximum atomic E-state index is 13.8. The van der Waals surface area contributed by atoms with Gasteiger partial charge in [-0.2, -0.15) is 0 Å². The summed E-state index contributed by atoms with van der Waals surface area (Å²) in [7, 11) is 1.64. The molecule has 2 amide bonds. The van der Waals surface area contributed by atoms with Gasteiger partial charge >= 0.3 is 0 Å². The number of benzene rings is 1. The molecule has 4 saturated heterocycles. The first kappa shape index (κ1) is 23.6. The molecule has 0 aliphatic carbocycles. The number of nitrogens with zero attached hydrogens (tertiary/aromatic N) is 3. The molecule has 1 aromatic carbocycles. The van der Waals surface area contributed by atoms with Gasteiger partial charge in [0.1, 0.15) is 5.75 Å². The lowest BCUT2D eigenvalue weighted by Crippen LogP contribution is -2.65. The van der Waals surface area contributed by atoms with Crippen molar-refractivity contribution in [3.8, 4) is 5.75 Å². The average Bonchev–Trinajstić information content (AvgIpc) is 2.90. The minimum Gasteiger partial charge on any atom is -0.497 e. The van der Waals surface area contributed by atoms with E-state index < -0.39 is 0 Å². The smallest absolute Gasteiger partial charge is 0.254 e. The molecular weight excluding hydrogens is 430 g/mol. The van der Waals surface area contributed by atoms with Crippen molar-refractivity contribution in [2.45, 2.75) is 57.0 Å². The van der Waals surface area contributed by atoms with Gasteiger partial charge in [-0.25, -0.2) is 0 Å². The van der Waals surface area contributed by atoms with Gasteiger partial charge in [-0.05, 0) is 81.6 Å². The summed E-state index contributed by atoms with van der Waals surface area (Å²) in [5.74, 6) is 2.12. The Balaban J connectivity index is 1.34. The van der Waals surface area contributed by atoms with Crippen LogP contribution in [0.1, 0.15) is 55.3 Å². The van der Waals surface area contributed by atoms with E-state index in [4.69, 9.17) is 9.47 Å². The summed E-state index contributed by atoms with van der Waals surface area (Å²) in [6, 6.07) is 8.34. The van der Waals surface area contributed by atoms with Gasteiger partial charge in [-0.3, -0.25) is 14.5 Å². The third kappa shape index (κ3) is 4.82. The lowest BCUT2D eigenvalue weighted by atomic mass is 9.69. The first-order valence-corrected chi connectivity index (χ1v) is 13.2. The minimum absolute atomic E-state index is 0.115. The largest absolute Gasteiger partial charge is 0.497 e. The van der Waals surface area contributed by atoms with E-state index >= 15 is 0 Å². The molecule has 4 fully saturated rings. The van der Waals surface area contributed by atoms with E-state index in [-0.39, 0.29) is 17.9 Å². The van der Waals surface area contributed by atoms with Crippen molar-refractivity contribution < 1.29 is 19.1 Å². The summed E-state index contributed by atoms with van der Waals surface area (Å²) >= 11 is 0. The van der Waals surface area contributed by atoms with Crippen molar-refractivity contribution in [2.24, 2.45) is 11.8 Å². The topological polar surface area (TPSA) is 62.3 Å². The number of methoxy groups -OCH3 is 1. The predicted molar refractivity (Wildman–Crippen MR) is 130 cm³/mol. The van der Waals surface area contributed by atoms with E-state index in [1.54, 1.807) is 7.11 Å². The second-order valence-corrected chi connectivity index (χ2v) is 10.4. The van der Waals surface area contributed by atoms with Gasteiger partial charge in [0.05, 0.1) is 20.3 Å². The Kier molecular flexibility index (Phi) is 7.40. The molecule has 7 heteroatoms. The van der Waals surface area contributed by atoms with Crippen LogP contribution in [0.2, 0.25) is 0 Å².